The molecule has 142 valence electrons. The summed E-state index contributed by atoms with van der Waals surface area (Å²) in [6, 6.07) is 5.90. The number of rotatable bonds is 5. The Labute approximate surface area is 164 Å². The van der Waals surface area contributed by atoms with Crippen LogP contribution < -0.4 is 4.90 Å². The number of ether oxygens (including phenoxy) is 1. The molecule has 0 bridgehead atoms. The van der Waals surface area contributed by atoms with Crippen molar-refractivity contribution in [1.29, 1.82) is 0 Å². The molecule has 1 aromatic heterocycles. The zero-order valence-electron chi connectivity index (χ0n) is 16.6. The van der Waals surface area contributed by atoms with E-state index in [0.29, 0.717) is 24.0 Å². The zero-order chi connectivity index (χ0) is 20.4. The van der Waals surface area contributed by atoms with Gasteiger partial charge in [-0.05, 0) is 30.7 Å². The Hall–Kier alpha value is -3.49. The van der Waals surface area contributed by atoms with E-state index in [2.05, 4.69) is 19.9 Å². The van der Waals surface area contributed by atoms with Crippen molar-refractivity contribution in [3.05, 3.63) is 63.9 Å². The standard InChI is InChI=1S/C20H21N7O/c1-12-10-14(26(5)6)8-9-15(12)23-17-16(21-3)19(22-4)27-18(13(2)11-28-7)24-25-20(17)27/h8-10,13H,11H2,1-2,5-7H3. The topological polar surface area (TPSA) is 64.3 Å². The van der Waals surface area contributed by atoms with Crippen LogP contribution in [0.15, 0.2) is 28.9 Å². The molecule has 0 saturated heterocycles. The maximum atomic E-state index is 7.60. The maximum absolute atomic E-state index is 7.60. The first-order valence-corrected chi connectivity index (χ1v) is 8.74. The number of fused-ring (bicyclic) bond motifs is 1. The van der Waals surface area contributed by atoms with E-state index in [4.69, 9.17) is 22.9 Å². The molecule has 1 aliphatic heterocycles. The van der Waals surface area contributed by atoms with Crippen molar-refractivity contribution in [1.82, 2.24) is 14.8 Å². The molecule has 0 saturated carbocycles. The highest BCUT2D eigenvalue weighted by molar-refractivity contribution is 6.20. The highest BCUT2D eigenvalue weighted by Gasteiger charge is 2.37. The van der Waals surface area contributed by atoms with E-state index >= 15 is 0 Å². The fourth-order valence-electron chi connectivity index (χ4n) is 3.09. The first-order chi connectivity index (χ1) is 13.4. The molecule has 2 aromatic rings. The third kappa shape index (κ3) is 3.15. The molecule has 2 heterocycles. The van der Waals surface area contributed by atoms with Crippen LogP contribution in [-0.2, 0) is 4.74 Å². The molecule has 0 spiro atoms. The minimum absolute atomic E-state index is 0.0737. The number of aromatic nitrogens is 3. The SMILES string of the molecule is [C-]#[N+]C1=C([N+]#[C-])n2c(nnc2C(C)COC)C1=Nc1ccc(N(C)C)cc1C. The number of allylic oxidation sites excluding steroid dienone is 1. The Kier molecular flexibility index (Phi) is 5.25. The molecule has 3 rings (SSSR count). The Balaban J connectivity index is 2.17. The van der Waals surface area contributed by atoms with E-state index < -0.39 is 0 Å². The van der Waals surface area contributed by atoms with Gasteiger partial charge in [-0.1, -0.05) is 13.5 Å². The van der Waals surface area contributed by atoms with Crippen LogP contribution in [0.2, 0.25) is 0 Å². The second-order valence-corrected chi connectivity index (χ2v) is 6.80. The largest absolute Gasteiger partial charge is 0.384 e. The van der Waals surface area contributed by atoms with Gasteiger partial charge >= 0.3 is 0 Å². The van der Waals surface area contributed by atoms with Crippen molar-refractivity contribution >= 4 is 22.9 Å². The molecule has 8 nitrogen and oxygen atoms in total. The van der Waals surface area contributed by atoms with Crippen LogP contribution in [0.3, 0.4) is 0 Å². The van der Waals surface area contributed by atoms with Crippen LogP contribution in [-0.4, -0.2) is 48.3 Å². The second-order valence-electron chi connectivity index (χ2n) is 6.80. The predicted molar refractivity (Wildman–Crippen MR) is 108 cm³/mol. The number of hydrogen-bond donors (Lipinski definition) is 0. The summed E-state index contributed by atoms with van der Waals surface area (Å²) >= 11 is 0. The van der Waals surface area contributed by atoms with Gasteiger partial charge in [0.25, 0.3) is 0 Å². The number of aliphatic imine (C=N–C) groups is 1. The highest BCUT2D eigenvalue weighted by atomic mass is 16.5. The number of nitrogens with zero attached hydrogens (tertiary/aromatic N) is 7. The maximum Gasteiger partial charge on any atom is 0.245 e. The number of hydrogen-bond acceptors (Lipinski definition) is 5. The molecule has 0 aliphatic carbocycles. The highest BCUT2D eigenvalue weighted by Crippen LogP contribution is 2.34. The molecule has 8 heteroatoms. The molecule has 28 heavy (non-hydrogen) atoms. The molecule has 0 N–H and O–H groups in total. The molecule has 1 aromatic carbocycles. The van der Waals surface area contributed by atoms with E-state index in [1.807, 2.05) is 51.0 Å². The Bertz CT molecular complexity index is 1060. The van der Waals surface area contributed by atoms with Crippen LogP contribution in [0.1, 0.15) is 30.1 Å². The van der Waals surface area contributed by atoms with Crippen molar-refractivity contribution < 1.29 is 4.74 Å². The molecule has 0 amide bonds. The van der Waals surface area contributed by atoms with E-state index in [1.165, 1.54) is 0 Å². The fraction of sp³-hybridized carbons (Fsp3) is 0.350. The zero-order valence-corrected chi connectivity index (χ0v) is 16.6. The number of aryl methyl sites for hydroxylation is 1. The Morgan fingerprint density at radius 1 is 1.25 bits per heavy atom. The lowest BCUT2D eigenvalue weighted by molar-refractivity contribution is 0.181. The molecular formula is C20H21N7O. The van der Waals surface area contributed by atoms with Crippen molar-refractivity contribution in [3.8, 4) is 0 Å². The number of benzene rings is 1. The van der Waals surface area contributed by atoms with Crippen LogP contribution in [0.25, 0.3) is 15.5 Å². The smallest absolute Gasteiger partial charge is 0.245 e. The van der Waals surface area contributed by atoms with E-state index in [9.17, 15) is 0 Å². The molecular weight excluding hydrogens is 354 g/mol. The predicted octanol–water partition coefficient (Wildman–Crippen LogP) is 3.50. The fourth-order valence-corrected chi connectivity index (χ4v) is 3.09. The van der Waals surface area contributed by atoms with E-state index in [-0.39, 0.29) is 17.4 Å². The van der Waals surface area contributed by atoms with E-state index in [1.54, 1.807) is 11.7 Å². The summed E-state index contributed by atoms with van der Waals surface area (Å²) in [4.78, 5) is 13.9. The first-order valence-electron chi connectivity index (χ1n) is 8.74. The van der Waals surface area contributed by atoms with Gasteiger partial charge in [-0.2, -0.15) is 0 Å². The van der Waals surface area contributed by atoms with Crippen LogP contribution in [0.4, 0.5) is 11.4 Å². The Morgan fingerprint density at radius 3 is 2.57 bits per heavy atom. The molecule has 0 fully saturated rings. The molecule has 1 aliphatic rings. The lowest BCUT2D eigenvalue weighted by atomic mass is 10.1. The summed E-state index contributed by atoms with van der Waals surface area (Å²) in [7, 11) is 5.57. The third-order valence-electron chi connectivity index (χ3n) is 4.55. The van der Waals surface area contributed by atoms with Gasteiger partial charge in [0.2, 0.25) is 23.2 Å². The van der Waals surface area contributed by atoms with Crippen molar-refractivity contribution in [2.24, 2.45) is 4.99 Å². The Morgan fingerprint density at radius 2 is 2.00 bits per heavy atom. The van der Waals surface area contributed by atoms with Crippen molar-refractivity contribution in [2.45, 2.75) is 19.8 Å². The summed E-state index contributed by atoms with van der Waals surface area (Å²) < 4.78 is 6.84. The summed E-state index contributed by atoms with van der Waals surface area (Å²) in [5.74, 6) is 1.13. The van der Waals surface area contributed by atoms with Crippen LogP contribution in [0, 0.1) is 20.1 Å². The first kappa shape index (κ1) is 19.3. The minimum atomic E-state index is -0.0737. The average Bonchev–Trinajstić information content (AvgIpc) is 3.21. The van der Waals surface area contributed by atoms with Gasteiger partial charge < -0.3 is 14.5 Å². The number of methoxy groups -OCH3 is 1. The van der Waals surface area contributed by atoms with Crippen LogP contribution >= 0.6 is 0 Å². The lowest BCUT2D eigenvalue weighted by Crippen LogP contribution is -2.10. The quantitative estimate of drug-likeness (QED) is 0.751. The molecule has 1 unspecified atom stereocenters. The van der Waals surface area contributed by atoms with Gasteiger partial charge in [-0.25, -0.2) is 9.41 Å². The number of anilines is 1. The normalized spacial score (nSPS) is 15.3. The lowest BCUT2D eigenvalue weighted by Gasteiger charge is -2.13. The van der Waals surface area contributed by atoms with Gasteiger partial charge in [-0.3, -0.25) is 4.99 Å². The van der Waals surface area contributed by atoms with Crippen molar-refractivity contribution in [3.63, 3.8) is 0 Å². The van der Waals surface area contributed by atoms with Gasteiger partial charge in [0, 0.05) is 26.9 Å². The summed E-state index contributed by atoms with van der Waals surface area (Å²) in [5, 5.41) is 8.48. The summed E-state index contributed by atoms with van der Waals surface area (Å²) in [5.41, 5.74) is 3.34. The van der Waals surface area contributed by atoms with Crippen LogP contribution in [0.5, 0.6) is 0 Å². The van der Waals surface area contributed by atoms with Gasteiger partial charge in [-0.15, -0.1) is 10.2 Å². The summed E-state index contributed by atoms with van der Waals surface area (Å²) in [6.07, 6.45) is 0. The van der Waals surface area contributed by atoms with Crippen molar-refractivity contribution in [2.75, 3.05) is 32.7 Å². The third-order valence-corrected chi connectivity index (χ3v) is 4.55. The summed E-state index contributed by atoms with van der Waals surface area (Å²) in [6.45, 7) is 19.5. The molecule has 1 atom stereocenters. The van der Waals surface area contributed by atoms with Gasteiger partial charge in [0.15, 0.2) is 0 Å². The second kappa shape index (κ2) is 7.63. The minimum Gasteiger partial charge on any atom is -0.384 e. The average molecular weight is 375 g/mol. The monoisotopic (exact) mass is 375 g/mol. The van der Waals surface area contributed by atoms with Gasteiger partial charge in [0.1, 0.15) is 5.71 Å². The molecule has 0 radical (unpaired) electrons. The van der Waals surface area contributed by atoms with E-state index in [0.717, 1.165) is 16.9 Å². The van der Waals surface area contributed by atoms with Gasteiger partial charge in [0.05, 0.1) is 24.8 Å².